The average molecular weight is 335 g/mol. The fraction of sp³-hybridized carbons (Fsp3) is 0.286. The van der Waals surface area contributed by atoms with Crippen molar-refractivity contribution < 1.29 is 9.15 Å². The van der Waals surface area contributed by atoms with Crippen LogP contribution in [-0.4, -0.2) is 12.6 Å². The largest absolute Gasteiger partial charge is 0.488 e. The predicted molar refractivity (Wildman–Crippen MR) is 82.0 cm³/mol. The first kappa shape index (κ1) is 15.5. The van der Waals surface area contributed by atoms with Gasteiger partial charge in [0.05, 0.1) is 27.9 Å². The van der Waals surface area contributed by atoms with Gasteiger partial charge in [0.1, 0.15) is 17.6 Å². The summed E-state index contributed by atoms with van der Waals surface area (Å²) in [4.78, 5) is 0. The van der Waals surface area contributed by atoms with Gasteiger partial charge in [-0.05, 0) is 25.1 Å². The van der Waals surface area contributed by atoms with E-state index in [0.29, 0.717) is 33.9 Å². The summed E-state index contributed by atoms with van der Waals surface area (Å²) < 4.78 is 11.0. The smallest absolute Gasteiger partial charge is 0.139 e. The molecule has 1 N–H and O–H groups in total. The quantitative estimate of drug-likeness (QED) is 0.771. The van der Waals surface area contributed by atoms with Gasteiger partial charge < -0.3 is 14.5 Å². The van der Waals surface area contributed by atoms with E-state index in [0.717, 1.165) is 5.76 Å². The van der Waals surface area contributed by atoms with E-state index in [-0.39, 0.29) is 6.10 Å². The topological polar surface area (TPSA) is 34.4 Å². The highest BCUT2D eigenvalue weighted by Crippen LogP contribution is 2.34. The summed E-state index contributed by atoms with van der Waals surface area (Å²) in [6.45, 7) is 3.24. The van der Waals surface area contributed by atoms with Crippen molar-refractivity contribution in [1.29, 1.82) is 0 Å². The summed E-state index contributed by atoms with van der Waals surface area (Å²) in [5.74, 6) is 1.40. The predicted octanol–water partition coefficient (Wildman–Crippen LogP) is 4.80. The van der Waals surface area contributed by atoms with Crippen molar-refractivity contribution in [2.45, 2.75) is 19.6 Å². The molecule has 108 valence electrons. The maximum atomic E-state index is 6.06. The van der Waals surface area contributed by atoms with Crippen LogP contribution in [0.3, 0.4) is 0 Å². The Kier molecular flexibility index (Phi) is 5.61. The SMILES string of the molecule is CC(CNCc1ccco1)Oc1cc(Cl)c(Cl)cc1Cl. The fourth-order valence-electron chi connectivity index (χ4n) is 1.66. The van der Waals surface area contributed by atoms with E-state index in [1.54, 1.807) is 18.4 Å². The molecule has 0 radical (unpaired) electrons. The van der Waals surface area contributed by atoms with E-state index in [4.69, 9.17) is 44.0 Å². The molecule has 20 heavy (non-hydrogen) atoms. The van der Waals surface area contributed by atoms with Gasteiger partial charge in [-0.25, -0.2) is 0 Å². The van der Waals surface area contributed by atoms with Crippen LogP contribution in [0, 0.1) is 0 Å². The molecule has 3 nitrogen and oxygen atoms in total. The minimum absolute atomic E-state index is 0.0697. The number of hydrogen-bond acceptors (Lipinski definition) is 3. The van der Waals surface area contributed by atoms with Crippen LogP contribution in [0.5, 0.6) is 5.75 Å². The van der Waals surface area contributed by atoms with Gasteiger partial charge in [-0.1, -0.05) is 34.8 Å². The van der Waals surface area contributed by atoms with E-state index in [1.807, 2.05) is 19.1 Å². The zero-order chi connectivity index (χ0) is 14.5. The molecule has 0 saturated carbocycles. The number of nitrogens with one attached hydrogen (secondary N) is 1. The molecule has 0 fully saturated rings. The fourth-order valence-corrected chi connectivity index (χ4v) is 2.25. The first-order valence-corrected chi connectivity index (χ1v) is 7.24. The van der Waals surface area contributed by atoms with Gasteiger partial charge in [0, 0.05) is 12.6 Å². The molecule has 0 saturated heterocycles. The Morgan fingerprint density at radius 2 is 1.95 bits per heavy atom. The summed E-state index contributed by atoms with van der Waals surface area (Å²) in [7, 11) is 0. The van der Waals surface area contributed by atoms with Crippen molar-refractivity contribution in [3.63, 3.8) is 0 Å². The van der Waals surface area contributed by atoms with E-state index in [2.05, 4.69) is 5.32 Å². The molecule has 0 aliphatic carbocycles. The van der Waals surface area contributed by atoms with E-state index < -0.39 is 0 Å². The molecule has 0 aliphatic heterocycles. The summed E-state index contributed by atoms with van der Waals surface area (Å²) in [6, 6.07) is 6.96. The first-order valence-electron chi connectivity index (χ1n) is 6.10. The van der Waals surface area contributed by atoms with E-state index in [1.165, 1.54) is 0 Å². The van der Waals surface area contributed by atoms with Gasteiger partial charge >= 0.3 is 0 Å². The van der Waals surface area contributed by atoms with Crippen molar-refractivity contribution in [3.8, 4) is 5.75 Å². The molecule has 1 atom stereocenters. The lowest BCUT2D eigenvalue weighted by Crippen LogP contribution is -2.28. The molecular weight excluding hydrogens is 321 g/mol. The monoisotopic (exact) mass is 333 g/mol. The van der Waals surface area contributed by atoms with E-state index >= 15 is 0 Å². The number of ether oxygens (including phenoxy) is 1. The number of rotatable bonds is 6. The van der Waals surface area contributed by atoms with Crippen LogP contribution < -0.4 is 10.1 Å². The van der Waals surface area contributed by atoms with Crippen LogP contribution in [0.15, 0.2) is 34.9 Å². The molecule has 1 aromatic carbocycles. The van der Waals surface area contributed by atoms with Crippen molar-refractivity contribution in [3.05, 3.63) is 51.4 Å². The maximum absolute atomic E-state index is 6.06. The second kappa shape index (κ2) is 7.23. The van der Waals surface area contributed by atoms with Gasteiger partial charge in [0.25, 0.3) is 0 Å². The Morgan fingerprint density at radius 1 is 1.20 bits per heavy atom. The Bertz CT molecular complexity index is 558. The standard InChI is InChI=1S/C14H14Cl3NO2/c1-9(7-18-8-10-3-2-4-19-10)20-14-6-12(16)11(15)5-13(14)17/h2-6,9,18H,7-8H2,1H3. The summed E-state index contributed by atoms with van der Waals surface area (Å²) in [5.41, 5.74) is 0. The normalized spacial score (nSPS) is 12.4. The van der Waals surface area contributed by atoms with E-state index in [9.17, 15) is 0 Å². The number of halogens is 3. The third kappa shape index (κ3) is 4.32. The molecule has 6 heteroatoms. The molecule has 1 heterocycles. The van der Waals surface area contributed by atoms with Gasteiger partial charge in [0.2, 0.25) is 0 Å². The number of hydrogen-bond donors (Lipinski definition) is 1. The molecule has 0 aliphatic rings. The summed E-state index contributed by atoms with van der Waals surface area (Å²) in [6.07, 6.45) is 1.58. The van der Waals surface area contributed by atoms with Crippen molar-refractivity contribution in [2.24, 2.45) is 0 Å². The lowest BCUT2D eigenvalue weighted by molar-refractivity contribution is 0.215. The Hall–Kier alpha value is -0.870. The Labute approximate surface area is 132 Å². The van der Waals surface area contributed by atoms with Crippen molar-refractivity contribution in [1.82, 2.24) is 5.32 Å². The van der Waals surface area contributed by atoms with Crippen molar-refractivity contribution >= 4 is 34.8 Å². The third-order valence-electron chi connectivity index (χ3n) is 2.61. The summed E-state index contributed by atoms with van der Waals surface area (Å²) in [5, 5.41) is 4.50. The zero-order valence-electron chi connectivity index (χ0n) is 10.8. The van der Waals surface area contributed by atoms with Gasteiger partial charge in [0.15, 0.2) is 0 Å². The van der Waals surface area contributed by atoms with Crippen LogP contribution >= 0.6 is 34.8 Å². The van der Waals surface area contributed by atoms with Crippen LogP contribution in [0.1, 0.15) is 12.7 Å². The lowest BCUT2D eigenvalue weighted by Gasteiger charge is -2.16. The minimum atomic E-state index is -0.0697. The van der Waals surface area contributed by atoms with Crippen LogP contribution in [-0.2, 0) is 6.54 Å². The highest BCUT2D eigenvalue weighted by Gasteiger charge is 2.10. The zero-order valence-corrected chi connectivity index (χ0v) is 13.1. The Morgan fingerprint density at radius 3 is 2.65 bits per heavy atom. The highest BCUT2D eigenvalue weighted by atomic mass is 35.5. The Balaban J connectivity index is 1.85. The molecular formula is C14H14Cl3NO2. The molecule has 2 rings (SSSR count). The third-order valence-corrected chi connectivity index (χ3v) is 3.63. The molecule has 1 aromatic heterocycles. The second-order valence-corrected chi connectivity index (χ2v) is 5.56. The van der Waals surface area contributed by atoms with Crippen LogP contribution in [0.2, 0.25) is 15.1 Å². The maximum Gasteiger partial charge on any atom is 0.139 e. The molecule has 1 unspecified atom stereocenters. The van der Waals surface area contributed by atoms with Crippen molar-refractivity contribution in [2.75, 3.05) is 6.54 Å². The minimum Gasteiger partial charge on any atom is -0.488 e. The highest BCUT2D eigenvalue weighted by molar-refractivity contribution is 6.43. The molecule has 0 amide bonds. The second-order valence-electron chi connectivity index (χ2n) is 4.34. The lowest BCUT2D eigenvalue weighted by atomic mass is 10.3. The van der Waals surface area contributed by atoms with Gasteiger partial charge in [-0.15, -0.1) is 0 Å². The average Bonchev–Trinajstić information content (AvgIpc) is 2.89. The molecule has 0 bridgehead atoms. The first-order chi connectivity index (χ1) is 9.56. The number of furan rings is 1. The van der Waals surface area contributed by atoms with Gasteiger partial charge in [-0.2, -0.15) is 0 Å². The van der Waals surface area contributed by atoms with Crippen LogP contribution in [0.4, 0.5) is 0 Å². The number of benzene rings is 1. The summed E-state index contributed by atoms with van der Waals surface area (Å²) >= 11 is 17.9. The molecule has 0 spiro atoms. The van der Waals surface area contributed by atoms with Gasteiger partial charge in [-0.3, -0.25) is 0 Å². The molecule has 2 aromatic rings. The van der Waals surface area contributed by atoms with Crippen LogP contribution in [0.25, 0.3) is 0 Å².